The van der Waals surface area contributed by atoms with Gasteiger partial charge in [-0.15, -0.1) is 0 Å². The minimum atomic E-state index is -0.281. The molecular weight excluding hydrogens is 269 g/mol. The number of carbonyl (C=O) groups excluding carboxylic acids is 1. The SMILES string of the molecule is CCCNCc1cccc(F)c1N(CC)CC(=O)NCC. The van der Waals surface area contributed by atoms with Gasteiger partial charge in [0.05, 0.1) is 12.2 Å². The number of hydrogen-bond donors (Lipinski definition) is 2. The van der Waals surface area contributed by atoms with Crippen LogP contribution in [0.3, 0.4) is 0 Å². The summed E-state index contributed by atoms with van der Waals surface area (Å²) in [5.74, 6) is -0.369. The Labute approximate surface area is 126 Å². The first-order valence-electron chi connectivity index (χ1n) is 7.63. The fourth-order valence-electron chi connectivity index (χ4n) is 2.23. The zero-order valence-corrected chi connectivity index (χ0v) is 13.2. The smallest absolute Gasteiger partial charge is 0.239 e. The number of halogens is 1. The van der Waals surface area contributed by atoms with E-state index in [1.165, 1.54) is 6.07 Å². The molecule has 1 amide bonds. The van der Waals surface area contributed by atoms with Crippen molar-refractivity contribution in [1.29, 1.82) is 0 Å². The van der Waals surface area contributed by atoms with Gasteiger partial charge in [0.1, 0.15) is 5.82 Å². The third-order valence-electron chi connectivity index (χ3n) is 3.22. The van der Waals surface area contributed by atoms with Gasteiger partial charge in [-0.25, -0.2) is 4.39 Å². The second kappa shape index (κ2) is 9.34. The van der Waals surface area contributed by atoms with E-state index in [9.17, 15) is 9.18 Å². The molecule has 4 nitrogen and oxygen atoms in total. The van der Waals surface area contributed by atoms with E-state index in [-0.39, 0.29) is 18.3 Å². The number of para-hydroxylation sites is 1. The summed E-state index contributed by atoms with van der Waals surface area (Å²) in [5.41, 5.74) is 1.41. The van der Waals surface area contributed by atoms with Gasteiger partial charge in [-0.2, -0.15) is 0 Å². The molecule has 0 radical (unpaired) electrons. The van der Waals surface area contributed by atoms with Crippen molar-refractivity contribution in [3.8, 4) is 0 Å². The highest BCUT2D eigenvalue weighted by Gasteiger charge is 2.17. The highest BCUT2D eigenvalue weighted by Crippen LogP contribution is 2.24. The number of nitrogens with zero attached hydrogens (tertiary/aromatic N) is 1. The summed E-state index contributed by atoms with van der Waals surface area (Å²) in [6.45, 7) is 8.72. The monoisotopic (exact) mass is 295 g/mol. The Morgan fingerprint density at radius 1 is 1.29 bits per heavy atom. The molecule has 0 atom stereocenters. The van der Waals surface area contributed by atoms with Crippen LogP contribution in [-0.4, -0.2) is 32.1 Å². The predicted molar refractivity (Wildman–Crippen MR) is 85.0 cm³/mol. The van der Waals surface area contributed by atoms with Crippen LogP contribution in [0.4, 0.5) is 10.1 Å². The third kappa shape index (κ3) is 5.34. The van der Waals surface area contributed by atoms with E-state index in [1.54, 1.807) is 11.0 Å². The minimum Gasteiger partial charge on any atom is -0.360 e. The molecule has 118 valence electrons. The third-order valence-corrected chi connectivity index (χ3v) is 3.22. The topological polar surface area (TPSA) is 44.4 Å². The normalized spacial score (nSPS) is 10.5. The van der Waals surface area contributed by atoms with E-state index < -0.39 is 0 Å². The molecule has 21 heavy (non-hydrogen) atoms. The van der Waals surface area contributed by atoms with Crippen LogP contribution < -0.4 is 15.5 Å². The molecule has 0 fully saturated rings. The first-order chi connectivity index (χ1) is 10.1. The first-order valence-corrected chi connectivity index (χ1v) is 7.63. The highest BCUT2D eigenvalue weighted by molar-refractivity contribution is 5.81. The summed E-state index contributed by atoms with van der Waals surface area (Å²) >= 11 is 0. The van der Waals surface area contributed by atoms with Crippen LogP contribution in [0.15, 0.2) is 18.2 Å². The van der Waals surface area contributed by atoms with Crippen molar-refractivity contribution >= 4 is 11.6 Å². The van der Waals surface area contributed by atoms with Gasteiger partial charge in [0.2, 0.25) is 5.91 Å². The number of anilines is 1. The van der Waals surface area contributed by atoms with Crippen molar-refractivity contribution in [3.05, 3.63) is 29.6 Å². The van der Waals surface area contributed by atoms with Gasteiger partial charge in [-0.1, -0.05) is 19.1 Å². The van der Waals surface area contributed by atoms with E-state index in [4.69, 9.17) is 0 Å². The Morgan fingerprint density at radius 2 is 2.05 bits per heavy atom. The van der Waals surface area contributed by atoms with Crippen molar-refractivity contribution in [2.45, 2.75) is 33.7 Å². The summed E-state index contributed by atoms with van der Waals surface area (Å²) in [6, 6.07) is 5.06. The van der Waals surface area contributed by atoms with Gasteiger partial charge in [0.25, 0.3) is 0 Å². The molecule has 1 rings (SSSR count). The van der Waals surface area contributed by atoms with Crippen molar-refractivity contribution < 1.29 is 9.18 Å². The maximum absolute atomic E-state index is 14.2. The minimum absolute atomic E-state index is 0.0879. The Bertz CT molecular complexity index is 451. The number of hydrogen-bond acceptors (Lipinski definition) is 3. The maximum atomic E-state index is 14.2. The summed E-state index contributed by atoms with van der Waals surface area (Å²) in [5, 5.41) is 6.04. The van der Waals surface area contributed by atoms with Gasteiger partial charge in [-0.05, 0) is 38.4 Å². The van der Waals surface area contributed by atoms with Crippen molar-refractivity contribution in [1.82, 2.24) is 10.6 Å². The Morgan fingerprint density at radius 3 is 2.67 bits per heavy atom. The Hall–Kier alpha value is -1.62. The molecule has 0 spiro atoms. The molecule has 0 heterocycles. The number of rotatable bonds is 9. The van der Waals surface area contributed by atoms with E-state index in [2.05, 4.69) is 17.6 Å². The molecule has 0 aliphatic carbocycles. The molecule has 0 unspecified atom stereocenters. The van der Waals surface area contributed by atoms with E-state index in [0.29, 0.717) is 25.3 Å². The Kier molecular flexibility index (Phi) is 7.75. The van der Waals surface area contributed by atoms with Gasteiger partial charge >= 0.3 is 0 Å². The summed E-state index contributed by atoms with van der Waals surface area (Å²) in [7, 11) is 0. The lowest BCUT2D eigenvalue weighted by Crippen LogP contribution is -2.38. The lowest BCUT2D eigenvalue weighted by molar-refractivity contribution is -0.119. The number of nitrogens with one attached hydrogen (secondary N) is 2. The van der Waals surface area contributed by atoms with Crippen molar-refractivity contribution in [3.63, 3.8) is 0 Å². The van der Waals surface area contributed by atoms with Crippen LogP contribution in [0.1, 0.15) is 32.8 Å². The first kappa shape index (κ1) is 17.4. The van der Waals surface area contributed by atoms with Crippen LogP contribution in [0, 0.1) is 5.82 Å². The molecule has 0 aliphatic rings. The van der Waals surface area contributed by atoms with E-state index in [1.807, 2.05) is 19.9 Å². The lowest BCUT2D eigenvalue weighted by atomic mass is 10.1. The van der Waals surface area contributed by atoms with Gasteiger partial charge in [0, 0.05) is 19.6 Å². The molecule has 1 aromatic carbocycles. The summed E-state index contributed by atoms with van der Waals surface area (Å²) in [6.07, 6.45) is 1.03. The molecule has 0 saturated carbocycles. The maximum Gasteiger partial charge on any atom is 0.239 e. The Balaban J connectivity index is 2.92. The molecule has 1 aromatic rings. The second-order valence-corrected chi connectivity index (χ2v) is 4.89. The largest absolute Gasteiger partial charge is 0.360 e. The highest BCUT2D eigenvalue weighted by atomic mass is 19.1. The fraction of sp³-hybridized carbons (Fsp3) is 0.562. The number of likely N-dealkylation sites (N-methyl/N-ethyl adjacent to an activating group) is 2. The number of carbonyl (C=O) groups is 1. The van der Waals surface area contributed by atoms with Crippen molar-refractivity contribution in [2.75, 3.05) is 31.1 Å². The van der Waals surface area contributed by atoms with Gasteiger partial charge in [0.15, 0.2) is 0 Å². The van der Waals surface area contributed by atoms with Crippen LogP contribution in [0.2, 0.25) is 0 Å². The average Bonchev–Trinajstić information content (AvgIpc) is 2.46. The number of amides is 1. The molecular formula is C16H26FN3O. The molecule has 0 aromatic heterocycles. The second-order valence-electron chi connectivity index (χ2n) is 4.89. The van der Waals surface area contributed by atoms with Crippen LogP contribution in [0.25, 0.3) is 0 Å². The van der Waals surface area contributed by atoms with Crippen LogP contribution in [-0.2, 0) is 11.3 Å². The zero-order valence-electron chi connectivity index (χ0n) is 13.2. The predicted octanol–water partition coefficient (Wildman–Crippen LogP) is 2.29. The summed E-state index contributed by atoms with van der Waals surface area (Å²) in [4.78, 5) is 13.6. The van der Waals surface area contributed by atoms with Crippen LogP contribution in [0.5, 0.6) is 0 Å². The molecule has 5 heteroatoms. The van der Waals surface area contributed by atoms with E-state index >= 15 is 0 Å². The van der Waals surface area contributed by atoms with Gasteiger partial charge < -0.3 is 15.5 Å². The standard InChI is InChI=1S/C16H26FN3O/c1-4-10-18-11-13-8-7-9-14(17)16(13)20(6-3)12-15(21)19-5-2/h7-9,18H,4-6,10-12H2,1-3H3,(H,19,21). The fourth-order valence-corrected chi connectivity index (χ4v) is 2.23. The van der Waals surface area contributed by atoms with Gasteiger partial charge in [-0.3, -0.25) is 4.79 Å². The van der Waals surface area contributed by atoms with Crippen LogP contribution >= 0.6 is 0 Å². The van der Waals surface area contributed by atoms with Crippen molar-refractivity contribution in [2.24, 2.45) is 0 Å². The number of benzene rings is 1. The average molecular weight is 295 g/mol. The van der Waals surface area contributed by atoms with E-state index in [0.717, 1.165) is 18.5 Å². The zero-order chi connectivity index (χ0) is 15.7. The lowest BCUT2D eigenvalue weighted by Gasteiger charge is -2.25. The molecule has 0 aliphatic heterocycles. The molecule has 0 bridgehead atoms. The molecule has 2 N–H and O–H groups in total. The quantitative estimate of drug-likeness (QED) is 0.687. The molecule has 0 saturated heterocycles. The summed E-state index contributed by atoms with van der Waals surface area (Å²) < 4.78 is 14.2.